The third-order valence-corrected chi connectivity index (χ3v) is 5.46. The molecule has 0 aliphatic heterocycles. The average Bonchev–Trinajstić information content (AvgIpc) is 3.24. The van der Waals surface area contributed by atoms with Crippen molar-refractivity contribution in [2.45, 2.75) is 31.3 Å². The molecule has 0 fully saturated rings. The standard InChI is InChI=1S/C22H25N3O4S/c1-15(2)25(21(26)14-30-17-8-6-5-7-9-17)13-20-23-22(24-29-20)16-10-11-18(27-3)19(12-16)28-4/h5-12,15H,13-14H2,1-4H3. The van der Waals surface area contributed by atoms with Gasteiger partial charge < -0.3 is 18.9 Å². The molecular weight excluding hydrogens is 402 g/mol. The molecule has 158 valence electrons. The highest BCUT2D eigenvalue weighted by Gasteiger charge is 2.21. The topological polar surface area (TPSA) is 77.7 Å². The van der Waals surface area contributed by atoms with Crippen LogP contribution in [0.2, 0.25) is 0 Å². The Labute approximate surface area is 180 Å². The van der Waals surface area contributed by atoms with Crippen LogP contribution in [0.5, 0.6) is 11.5 Å². The first-order valence-corrected chi connectivity index (χ1v) is 10.5. The van der Waals surface area contributed by atoms with Gasteiger partial charge in [0.25, 0.3) is 0 Å². The minimum atomic E-state index is 0.00491. The first kappa shape index (κ1) is 21.7. The second kappa shape index (κ2) is 10.2. The molecule has 0 atom stereocenters. The number of ether oxygens (including phenoxy) is 2. The Kier molecular flexibility index (Phi) is 7.35. The molecule has 0 aliphatic carbocycles. The summed E-state index contributed by atoms with van der Waals surface area (Å²) in [5, 5.41) is 4.06. The molecule has 0 N–H and O–H groups in total. The first-order chi connectivity index (χ1) is 14.5. The van der Waals surface area contributed by atoms with Gasteiger partial charge in [0.05, 0.1) is 20.0 Å². The van der Waals surface area contributed by atoms with Gasteiger partial charge in [0.2, 0.25) is 17.6 Å². The molecule has 0 spiro atoms. The Bertz CT molecular complexity index is 976. The summed E-state index contributed by atoms with van der Waals surface area (Å²) in [4.78, 5) is 20.0. The third-order valence-electron chi connectivity index (χ3n) is 4.46. The van der Waals surface area contributed by atoms with E-state index >= 15 is 0 Å². The van der Waals surface area contributed by atoms with Gasteiger partial charge in [-0.1, -0.05) is 23.4 Å². The molecule has 1 aromatic heterocycles. The van der Waals surface area contributed by atoms with Crippen LogP contribution in [0.25, 0.3) is 11.4 Å². The predicted octanol–water partition coefficient (Wildman–Crippen LogP) is 4.28. The molecule has 1 heterocycles. The fourth-order valence-electron chi connectivity index (χ4n) is 2.86. The summed E-state index contributed by atoms with van der Waals surface area (Å²) >= 11 is 1.51. The SMILES string of the molecule is COc1ccc(-c2noc(CN(C(=O)CSc3ccccc3)C(C)C)n2)cc1OC. The van der Waals surface area contributed by atoms with Crippen molar-refractivity contribution >= 4 is 17.7 Å². The van der Waals surface area contributed by atoms with Gasteiger partial charge in [0.15, 0.2) is 11.5 Å². The van der Waals surface area contributed by atoms with E-state index in [-0.39, 0.29) is 18.5 Å². The maximum atomic E-state index is 12.8. The number of benzene rings is 2. The molecule has 0 saturated carbocycles. The highest BCUT2D eigenvalue weighted by atomic mass is 32.2. The molecule has 7 nitrogen and oxygen atoms in total. The van der Waals surface area contributed by atoms with Crippen LogP contribution in [0.4, 0.5) is 0 Å². The zero-order valence-electron chi connectivity index (χ0n) is 17.5. The van der Waals surface area contributed by atoms with E-state index in [1.165, 1.54) is 11.8 Å². The summed E-state index contributed by atoms with van der Waals surface area (Å²) in [5.74, 6) is 2.38. The molecule has 2 aromatic carbocycles. The molecule has 1 amide bonds. The molecule has 0 aliphatic rings. The number of methoxy groups -OCH3 is 2. The summed E-state index contributed by atoms with van der Waals surface area (Å²) in [7, 11) is 3.15. The minimum absolute atomic E-state index is 0.00491. The van der Waals surface area contributed by atoms with Gasteiger partial charge in [-0.3, -0.25) is 4.79 Å². The van der Waals surface area contributed by atoms with Crippen molar-refractivity contribution in [1.82, 2.24) is 15.0 Å². The number of hydrogen-bond acceptors (Lipinski definition) is 7. The average molecular weight is 428 g/mol. The number of rotatable bonds is 9. The van der Waals surface area contributed by atoms with E-state index in [1.807, 2.05) is 50.2 Å². The maximum Gasteiger partial charge on any atom is 0.246 e. The van der Waals surface area contributed by atoms with Gasteiger partial charge >= 0.3 is 0 Å². The van der Waals surface area contributed by atoms with E-state index in [0.29, 0.717) is 29.0 Å². The molecular formula is C22H25N3O4S. The van der Waals surface area contributed by atoms with Crippen LogP contribution in [0.3, 0.4) is 0 Å². The lowest BCUT2D eigenvalue weighted by atomic mass is 10.2. The van der Waals surface area contributed by atoms with E-state index in [0.717, 1.165) is 10.5 Å². The smallest absolute Gasteiger partial charge is 0.246 e. The largest absolute Gasteiger partial charge is 0.493 e. The third kappa shape index (κ3) is 5.33. The Morgan fingerprint density at radius 3 is 2.50 bits per heavy atom. The lowest BCUT2D eigenvalue weighted by Crippen LogP contribution is -2.37. The number of thioether (sulfide) groups is 1. The van der Waals surface area contributed by atoms with Crippen LogP contribution in [-0.2, 0) is 11.3 Å². The van der Waals surface area contributed by atoms with Gasteiger partial charge in [-0.15, -0.1) is 11.8 Å². The molecule has 0 saturated heterocycles. The van der Waals surface area contributed by atoms with Gasteiger partial charge in [-0.2, -0.15) is 4.98 Å². The molecule has 8 heteroatoms. The van der Waals surface area contributed by atoms with Crippen molar-refractivity contribution in [3.63, 3.8) is 0 Å². The van der Waals surface area contributed by atoms with Crippen LogP contribution < -0.4 is 9.47 Å². The van der Waals surface area contributed by atoms with E-state index < -0.39 is 0 Å². The Morgan fingerprint density at radius 2 is 1.83 bits per heavy atom. The quantitative estimate of drug-likeness (QED) is 0.472. The summed E-state index contributed by atoms with van der Waals surface area (Å²) in [6.45, 7) is 4.19. The van der Waals surface area contributed by atoms with Crippen molar-refractivity contribution in [1.29, 1.82) is 0 Å². The van der Waals surface area contributed by atoms with Gasteiger partial charge in [0.1, 0.15) is 6.54 Å². The lowest BCUT2D eigenvalue weighted by molar-refractivity contribution is -0.131. The van der Waals surface area contributed by atoms with Crippen molar-refractivity contribution in [2.75, 3.05) is 20.0 Å². The van der Waals surface area contributed by atoms with E-state index in [1.54, 1.807) is 31.3 Å². The number of nitrogens with zero attached hydrogens (tertiary/aromatic N) is 3. The summed E-state index contributed by atoms with van der Waals surface area (Å²) in [6, 6.07) is 15.3. The number of amides is 1. The van der Waals surface area contributed by atoms with E-state index in [9.17, 15) is 4.79 Å². The zero-order chi connectivity index (χ0) is 21.5. The Hall–Kier alpha value is -3.00. The second-order valence-electron chi connectivity index (χ2n) is 6.80. The second-order valence-corrected chi connectivity index (χ2v) is 7.85. The van der Waals surface area contributed by atoms with Crippen molar-refractivity contribution in [3.8, 4) is 22.9 Å². The van der Waals surface area contributed by atoms with Gasteiger partial charge in [-0.05, 0) is 44.2 Å². The van der Waals surface area contributed by atoms with E-state index in [4.69, 9.17) is 14.0 Å². The number of aromatic nitrogens is 2. The molecule has 0 unspecified atom stereocenters. The summed E-state index contributed by atoms with van der Waals surface area (Å²) in [6.07, 6.45) is 0. The highest BCUT2D eigenvalue weighted by Crippen LogP contribution is 2.31. The van der Waals surface area contributed by atoms with Crippen molar-refractivity contribution in [2.24, 2.45) is 0 Å². The molecule has 30 heavy (non-hydrogen) atoms. The minimum Gasteiger partial charge on any atom is -0.493 e. The predicted molar refractivity (Wildman–Crippen MR) is 116 cm³/mol. The van der Waals surface area contributed by atoms with Crippen molar-refractivity contribution < 1.29 is 18.8 Å². The number of carbonyl (C=O) groups is 1. The number of hydrogen-bond donors (Lipinski definition) is 0. The maximum absolute atomic E-state index is 12.8. The van der Waals surface area contributed by atoms with E-state index in [2.05, 4.69) is 10.1 Å². The fourth-order valence-corrected chi connectivity index (χ4v) is 3.67. The summed E-state index contributed by atoms with van der Waals surface area (Å²) in [5.41, 5.74) is 0.740. The Morgan fingerprint density at radius 1 is 1.10 bits per heavy atom. The Balaban J connectivity index is 1.69. The molecule has 0 radical (unpaired) electrons. The summed E-state index contributed by atoms with van der Waals surface area (Å²) < 4.78 is 16.0. The molecule has 3 rings (SSSR count). The van der Waals surface area contributed by atoms with Crippen LogP contribution in [-0.4, -0.2) is 47.0 Å². The first-order valence-electron chi connectivity index (χ1n) is 9.54. The van der Waals surface area contributed by atoms with Crippen LogP contribution in [0.1, 0.15) is 19.7 Å². The molecule has 3 aromatic rings. The van der Waals surface area contributed by atoms with Crippen LogP contribution in [0.15, 0.2) is 57.9 Å². The monoisotopic (exact) mass is 427 g/mol. The lowest BCUT2D eigenvalue weighted by Gasteiger charge is -2.25. The highest BCUT2D eigenvalue weighted by molar-refractivity contribution is 8.00. The van der Waals surface area contributed by atoms with Crippen molar-refractivity contribution in [3.05, 3.63) is 54.4 Å². The normalized spacial score (nSPS) is 10.8. The van der Waals surface area contributed by atoms with Gasteiger partial charge in [-0.25, -0.2) is 0 Å². The molecule has 0 bridgehead atoms. The fraction of sp³-hybridized carbons (Fsp3) is 0.318. The van der Waals surface area contributed by atoms with Crippen LogP contribution in [0, 0.1) is 0 Å². The number of carbonyl (C=O) groups excluding carboxylic acids is 1. The van der Waals surface area contributed by atoms with Crippen LogP contribution >= 0.6 is 11.8 Å². The van der Waals surface area contributed by atoms with Gasteiger partial charge in [0, 0.05) is 16.5 Å². The zero-order valence-corrected chi connectivity index (χ0v) is 18.3.